The molecule has 0 aromatic carbocycles. The molecule has 0 N–H and O–H groups in total. The van der Waals surface area contributed by atoms with E-state index in [1.54, 1.807) is 6.26 Å². The van der Waals surface area contributed by atoms with Gasteiger partial charge in [-0.25, -0.2) is 0 Å². The van der Waals surface area contributed by atoms with Gasteiger partial charge in [-0.15, -0.1) is 0 Å². The summed E-state index contributed by atoms with van der Waals surface area (Å²) in [4.78, 5) is 11.0. The Morgan fingerprint density at radius 2 is 1.76 bits per heavy atom. The van der Waals surface area contributed by atoms with E-state index in [0.29, 0.717) is 5.16 Å². The maximum absolute atomic E-state index is 11.5. The van der Waals surface area contributed by atoms with E-state index in [4.69, 9.17) is 0 Å². The Morgan fingerprint density at radius 3 is 2.18 bits per heavy atom. The quantitative estimate of drug-likeness (QED) is 0.596. The molecule has 1 heterocycles. The van der Waals surface area contributed by atoms with Crippen LogP contribution in [0.15, 0.2) is 5.16 Å². The number of rotatable bonds is 5. The first kappa shape index (κ1) is 14.3. The van der Waals surface area contributed by atoms with Gasteiger partial charge in [-0.2, -0.15) is 9.97 Å². The molecule has 1 atom stereocenters. The molecule has 1 aromatic rings. The summed E-state index contributed by atoms with van der Waals surface area (Å²) in [6, 6.07) is 0. The molecule has 1 rings (SSSR count). The van der Waals surface area contributed by atoms with E-state index in [1.807, 2.05) is 6.92 Å². The zero-order valence-corrected chi connectivity index (χ0v) is 12.1. The highest BCUT2D eigenvalue weighted by molar-refractivity contribution is 7.90. The third-order valence-corrected chi connectivity index (χ3v) is 3.54. The molecule has 0 saturated heterocycles. The highest BCUT2D eigenvalue weighted by atomic mass is 32.2. The van der Waals surface area contributed by atoms with Crippen molar-refractivity contribution in [2.75, 3.05) is 24.2 Å². The Labute approximate surface area is 107 Å². The zero-order valence-electron chi connectivity index (χ0n) is 11.3. The number of hydrogen-bond acceptors (Lipinski definition) is 4. The average molecular weight is 255 g/mol. The second-order valence-corrected chi connectivity index (χ2v) is 5.15. The number of aryl methyl sites for hydroxylation is 1. The van der Waals surface area contributed by atoms with Crippen LogP contribution in [0.1, 0.15) is 32.0 Å². The van der Waals surface area contributed by atoms with Gasteiger partial charge in [-0.3, -0.25) is 0 Å². The lowest BCUT2D eigenvalue weighted by atomic mass is 10.1. The topological polar surface area (TPSA) is 52.1 Å². The van der Waals surface area contributed by atoms with Gasteiger partial charge in [0.1, 0.15) is 12.1 Å². The standard InChI is InChI=1S/C12H21N3OS/c1-6-10-9(4)13-12(17(5)16)14-11(10)15(7-2)8-3/h6-8H2,1-5H3. The van der Waals surface area contributed by atoms with Crippen molar-refractivity contribution in [3.05, 3.63) is 11.3 Å². The van der Waals surface area contributed by atoms with Crippen LogP contribution < -0.4 is 4.90 Å². The van der Waals surface area contributed by atoms with Crippen molar-refractivity contribution in [3.8, 4) is 0 Å². The maximum Gasteiger partial charge on any atom is 0.344 e. The molecule has 1 aromatic heterocycles. The predicted octanol–water partition coefficient (Wildman–Crippen LogP) is 1.93. The minimum atomic E-state index is -1.13. The summed E-state index contributed by atoms with van der Waals surface area (Å²) >= 11 is -1.13. The molecule has 0 amide bonds. The van der Waals surface area contributed by atoms with Crippen LogP contribution in [0.5, 0.6) is 0 Å². The van der Waals surface area contributed by atoms with Crippen LogP contribution in [0.3, 0.4) is 0 Å². The van der Waals surface area contributed by atoms with Crippen LogP contribution in [-0.4, -0.2) is 33.9 Å². The summed E-state index contributed by atoms with van der Waals surface area (Å²) in [5.74, 6) is 0.940. The molecule has 0 aliphatic carbocycles. The van der Waals surface area contributed by atoms with Crippen LogP contribution in [0, 0.1) is 6.92 Å². The van der Waals surface area contributed by atoms with Gasteiger partial charge in [-0.1, -0.05) is 6.92 Å². The Kier molecular flexibility index (Phi) is 5.21. The fraction of sp³-hybridized carbons (Fsp3) is 0.667. The van der Waals surface area contributed by atoms with Crippen molar-refractivity contribution < 1.29 is 4.55 Å². The van der Waals surface area contributed by atoms with Gasteiger partial charge in [0.2, 0.25) is 0 Å². The van der Waals surface area contributed by atoms with Gasteiger partial charge in [0.25, 0.3) is 0 Å². The van der Waals surface area contributed by atoms with Gasteiger partial charge in [0.05, 0.1) is 5.69 Å². The summed E-state index contributed by atoms with van der Waals surface area (Å²) in [5, 5.41) is 0.432. The Morgan fingerprint density at radius 1 is 1.18 bits per heavy atom. The van der Waals surface area contributed by atoms with Crippen molar-refractivity contribution >= 4 is 17.0 Å². The smallest absolute Gasteiger partial charge is 0.344 e. The van der Waals surface area contributed by atoms with Crippen LogP contribution in [-0.2, 0) is 17.6 Å². The number of anilines is 1. The van der Waals surface area contributed by atoms with E-state index in [-0.39, 0.29) is 0 Å². The van der Waals surface area contributed by atoms with Crippen molar-refractivity contribution in [1.29, 1.82) is 0 Å². The van der Waals surface area contributed by atoms with E-state index >= 15 is 0 Å². The lowest BCUT2D eigenvalue weighted by Gasteiger charge is -2.23. The molecule has 0 radical (unpaired) electrons. The zero-order chi connectivity index (χ0) is 13.0. The Bertz CT molecular complexity index is 378. The van der Waals surface area contributed by atoms with Crippen molar-refractivity contribution in [1.82, 2.24) is 9.97 Å². The molecule has 0 bridgehead atoms. The SMILES string of the molecule is CCc1c(C)nc([S+](C)[O-])nc1N(CC)CC. The van der Waals surface area contributed by atoms with Gasteiger partial charge in [0.15, 0.2) is 0 Å². The summed E-state index contributed by atoms with van der Waals surface area (Å²) < 4.78 is 11.5. The summed E-state index contributed by atoms with van der Waals surface area (Å²) in [6.45, 7) is 10.1. The molecule has 4 nitrogen and oxygen atoms in total. The summed E-state index contributed by atoms with van der Waals surface area (Å²) in [6.07, 6.45) is 2.51. The number of aromatic nitrogens is 2. The first-order valence-corrected chi connectivity index (χ1v) is 7.56. The minimum Gasteiger partial charge on any atom is -0.609 e. The molecule has 0 spiro atoms. The van der Waals surface area contributed by atoms with Gasteiger partial charge >= 0.3 is 5.16 Å². The fourth-order valence-electron chi connectivity index (χ4n) is 1.88. The third kappa shape index (κ3) is 3.10. The van der Waals surface area contributed by atoms with Crippen molar-refractivity contribution in [2.24, 2.45) is 0 Å². The van der Waals surface area contributed by atoms with E-state index in [9.17, 15) is 4.55 Å². The highest BCUT2D eigenvalue weighted by Crippen LogP contribution is 2.22. The minimum absolute atomic E-state index is 0.432. The molecule has 0 fully saturated rings. The number of nitrogens with zero attached hydrogens (tertiary/aromatic N) is 3. The molecule has 96 valence electrons. The van der Waals surface area contributed by atoms with Crippen LogP contribution in [0.4, 0.5) is 5.82 Å². The molecule has 0 aliphatic heterocycles. The van der Waals surface area contributed by atoms with Crippen LogP contribution in [0.25, 0.3) is 0 Å². The lowest BCUT2D eigenvalue weighted by molar-refractivity contribution is 0.590. The van der Waals surface area contributed by atoms with Crippen LogP contribution >= 0.6 is 0 Å². The lowest BCUT2D eigenvalue weighted by Crippen LogP contribution is -2.26. The average Bonchev–Trinajstić information content (AvgIpc) is 2.30. The van der Waals surface area contributed by atoms with Gasteiger partial charge < -0.3 is 9.45 Å². The van der Waals surface area contributed by atoms with E-state index in [0.717, 1.165) is 36.6 Å². The summed E-state index contributed by atoms with van der Waals surface area (Å²) in [7, 11) is 0. The highest BCUT2D eigenvalue weighted by Gasteiger charge is 2.18. The van der Waals surface area contributed by atoms with Gasteiger partial charge in [0, 0.05) is 29.8 Å². The molecule has 0 saturated carbocycles. The van der Waals surface area contributed by atoms with Crippen LogP contribution in [0.2, 0.25) is 0 Å². The van der Waals surface area contributed by atoms with E-state index in [2.05, 4.69) is 35.6 Å². The molecular weight excluding hydrogens is 234 g/mol. The molecule has 1 unspecified atom stereocenters. The first-order valence-electron chi connectivity index (χ1n) is 6.00. The first-order chi connectivity index (χ1) is 8.04. The molecule has 0 aliphatic rings. The molecular formula is C12H21N3OS. The third-order valence-electron chi connectivity index (χ3n) is 2.85. The Hall–Kier alpha value is -0.810. The van der Waals surface area contributed by atoms with Crippen molar-refractivity contribution in [2.45, 2.75) is 39.3 Å². The molecule has 5 heteroatoms. The number of hydrogen-bond donors (Lipinski definition) is 0. The van der Waals surface area contributed by atoms with Gasteiger partial charge in [-0.05, 0) is 27.2 Å². The maximum atomic E-state index is 11.5. The molecule has 17 heavy (non-hydrogen) atoms. The summed E-state index contributed by atoms with van der Waals surface area (Å²) in [5.41, 5.74) is 2.09. The van der Waals surface area contributed by atoms with E-state index < -0.39 is 11.2 Å². The normalized spacial score (nSPS) is 12.6. The Balaban J connectivity index is 3.32. The van der Waals surface area contributed by atoms with Crippen molar-refractivity contribution in [3.63, 3.8) is 0 Å². The predicted molar refractivity (Wildman–Crippen MR) is 72.0 cm³/mol. The second kappa shape index (κ2) is 6.21. The largest absolute Gasteiger partial charge is 0.609 e. The fourth-order valence-corrected chi connectivity index (χ4v) is 2.36. The second-order valence-electron chi connectivity index (χ2n) is 3.87. The monoisotopic (exact) mass is 255 g/mol. The van der Waals surface area contributed by atoms with E-state index in [1.165, 1.54) is 0 Å².